The van der Waals surface area contributed by atoms with Gasteiger partial charge in [0, 0.05) is 0 Å². The summed E-state index contributed by atoms with van der Waals surface area (Å²) in [5, 5.41) is 0. The van der Waals surface area contributed by atoms with Crippen LogP contribution in [0.4, 0.5) is 22.0 Å². The fourth-order valence-corrected chi connectivity index (χ4v) is 5.44. The zero-order valence-electron chi connectivity index (χ0n) is 17.7. The van der Waals surface area contributed by atoms with E-state index in [2.05, 4.69) is 11.7 Å². The first-order valence-electron chi connectivity index (χ1n) is 11.5. The fourth-order valence-electron chi connectivity index (χ4n) is 5.44. The highest BCUT2D eigenvalue weighted by atomic mass is 19.4. The molecule has 0 N–H and O–H groups in total. The van der Waals surface area contributed by atoms with E-state index in [0.717, 1.165) is 49.7 Å². The Hall–Kier alpha value is -1.33. The zero-order chi connectivity index (χ0) is 21.7. The van der Waals surface area contributed by atoms with E-state index in [-0.39, 0.29) is 5.92 Å². The minimum Gasteiger partial charge on any atom is -0.399 e. The fraction of sp³-hybridized carbons (Fsp3) is 0.750. The molecule has 0 atom stereocenters. The van der Waals surface area contributed by atoms with Crippen LogP contribution in [0.3, 0.4) is 0 Å². The number of rotatable bonds is 7. The summed E-state index contributed by atoms with van der Waals surface area (Å²) in [6, 6.07) is 2.00. The van der Waals surface area contributed by atoms with E-state index >= 15 is 0 Å². The molecule has 0 amide bonds. The molecule has 6 heteroatoms. The van der Waals surface area contributed by atoms with E-state index in [0.29, 0.717) is 11.5 Å². The SMILES string of the molecule is CCC1CCC(CCCC2CCC(c3cc(F)c(OC(F)(F)F)c(F)c3)CC2)CC1. The molecule has 3 rings (SSSR count). The number of alkyl halides is 3. The van der Waals surface area contributed by atoms with Gasteiger partial charge < -0.3 is 4.74 Å². The van der Waals surface area contributed by atoms with Gasteiger partial charge in [0.1, 0.15) is 0 Å². The Morgan fingerprint density at radius 1 is 0.800 bits per heavy atom. The Labute approximate surface area is 176 Å². The molecule has 170 valence electrons. The molecule has 0 aromatic heterocycles. The summed E-state index contributed by atoms with van der Waals surface area (Å²) in [6.07, 6.45) is 9.14. The molecule has 2 aliphatic carbocycles. The molecular formula is C24H33F5O. The molecule has 0 radical (unpaired) electrons. The predicted molar refractivity (Wildman–Crippen MR) is 107 cm³/mol. The monoisotopic (exact) mass is 432 g/mol. The van der Waals surface area contributed by atoms with Crippen LogP contribution in [0.2, 0.25) is 0 Å². The normalized spacial score (nSPS) is 27.8. The minimum atomic E-state index is -5.11. The van der Waals surface area contributed by atoms with Crippen LogP contribution in [0.1, 0.15) is 95.5 Å². The van der Waals surface area contributed by atoms with Gasteiger partial charge >= 0.3 is 6.36 Å². The molecule has 1 aromatic carbocycles. The van der Waals surface area contributed by atoms with E-state index < -0.39 is 23.7 Å². The largest absolute Gasteiger partial charge is 0.573 e. The maximum absolute atomic E-state index is 14.0. The summed E-state index contributed by atoms with van der Waals surface area (Å²) in [4.78, 5) is 0. The first-order chi connectivity index (χ1) is 14.2. The number of benzene rings is 1. The second-order valence-electron chi connectivity index (χ2n) is 9.31. The quantitative estimate of drug-likeness (QED) is 0.392. The lowest BCUT2D eigenvalue weighted by Gasteiger charge is -2.30. The molecule has 2 aliphatic rings. The summed E-state index contributed by atoms with van der Waals surface area (Å²) in [6.45, 7) is 2.29. The summed E-state index contributed by atoms with van der Waals surface area (Å²) >= 11 is 0. The smallest absolute Gasteiger partial charge is 0.399 e. The van der Waals surface area contributed by atoms with Crippen LogP contribution < -0.4 is 4.74 Å². The van der Waals surface area contributed by atoms with Gasteiger partial charge in [-0.25, -0.2) is 8.78 Å². The molecule has 0 bridgehead atoms. The standard InChI is InChI=1S/C24H33F5O/c1-2-16-6-8-17(9-7-16)4-3-5-18-10-12-19(13-11-18)20-14-21(25)23(22(26)15-20)30-24(27,28)29/h14-19H,2-13H2,1H3. The summed E-state index contributed by atoms with van der Waals surface area (Å²) in [5.41, 5.74) is 0.436. The number of halogens is 5. The van der Waals surface area contributed by atoms with E-state index in [9.17, 15) is 22.0 Å². The predicted octanol–water partition coefficient (Wildman–Crippen LogP) is 8.52. The maximum atomic E-state index is 14.0. The van der Waals surface area contributed by atoms with E-state index in [1.807, 2.05) is 0 Å². The molecule has 0 spiro atoms. The van der Waals surface area contributed by atoms with Crippen molar-refractivity contribution in [3.8, 4) is 5.75 Å². The van der Waals surface area contributed by atoms with Crippen LogP contribution in [0.5, 0.6) is 5.75 Å². The van der Waals surface area contributed by atoms with Crippen molar-refractivity contribution in [1.29, 1.82) is 0 Å². The van der Waals surface area contributed by atoms with Gasteiger partial charge in [-0.15, -0.1) is 13.2 Å². The van der Waals surface area contributed by atoms with Gasteiger partial charge in [-0.1, -0.05) is 58.3 Å². The van der Waals surface area contributed by atoms with Gasteiger partial charge in [-0.2, -0.15) is 0 Å². The topological polar surface area (TPSA) is 9.23 Å². The third-order valence-electron chi connectivity index (χ3n) is 7.32. The molecule has 1 aromatic rings. The van der Waals surface area contributed by atoms with Crippen LogP contribution in [0.25, 0.3) is 0 Å². The minimum absolute atomic E-state index is 0.00508. The maximum Gasteiger partial charge on any atom is 0.573 e. The molecular weight excluding hydrogens is 399 g/mol. The van der Waals surface area contributed by atoms with Crippen molar-refractivity contribution < 1.29 is 26.7 Å². The molecule has 0 unspecified atom stereocenters. The Kier molecular flexibility index (Phi) is 8.03. The summed E-state index contributed by atoms with van der Waals surface area (Å²) < 4.78 is 68.4. The van der Waals surface area contributed by atoms with Crippen LogP contribution in [0, 0.1) is 29.4 Å². The van der Waals surface area contributed by atoms with E-state index in [1.54, 1.807) is 0 Å². The van der Waals surface area contributed by atoms with Gasteiger partial charge in [-0.3, -0.25) is 0 Å². The van der Waals surface area contributed by atoms with E-state index in [4.69, 9.17) is 0 Å². The molecule has 0 heterocycles. The molecule has 0 saturated heterocycles. The third-order valence-corrected chi connectivity index (χ3v) is 7.32. The molecule has 1 nitrogen and oxygen atoms in total. The number of hydrogen-bond acceptors (Lipinski definition) is 1. The molecule has 2 fully saturated rings. The van der Waals surface area contributed by atoms with Crippen LogP contribution >= 0.6 is 0 Å². The average molecular weight is 433 g/mol. The lowest BCUT2D eigenvalue weighted by atomic mass is 9.75. The molecule has 0 aliphatic heterocycles. The Balaban J connectivity index is 1.43. The van der Waals surface area contributed by atoms with Crippen molar-refractivity contribution in [2.24, 2.45) is 17.8 Å². The van der Waals surface area contributed by atoms with Crippen LogP contribution in [-0.4, -0.2) is 6.36 Å². The summed E-state index contributed by atoms with van der Waals surface area (Å²) in [7, 11) is 0. The van der Waals surface area contributed by atoms with Crippen molar-refractivity contribution in [2.75, 3.05) is 0 Å². The second kappa shape index (κ2) is 10.3. The second-order valence-corrected chi connectivity index (χ2v) is 9.31. The first kappa shape index (κ1) is 23.3. The number of hydrogen-bond donors (Lipinski definition) is 0. The highest BCUT2D eigenvalue weighted by molar-refractivity contribution is 5.33. The van der Waals surface area contributed by atoms with Crippen molar-refractivity contribution in [2.45, 2.75) is 96.3 Å². The van der Waals surface area contributed by atoms with Crippen LogP contribution in [0.15, 0.2) is 12.1 Å². The highest BCUT2D eigenvalue weighted by Crippen LogP contribution is 2.41. The molecule has 30 heavy (non-hydrogen) atoms. The first-order valence-corrected chi connectivity index (χ1v) is 11.5. The Morgan fingerprint density at radius 2 is 1.27 bits per heavy atom. The lowest BCUT2D eigenvalue weighted by Crippen LogP contribution is -2.19. The molecule has 2 saturated carbocycles. The zero-order valence-corrected chi connectivity index (χ0v) is 17.7. The average Bonchev–Trinajstić information content (AvgIpc) is 2.71. The van der Waals surface area contributed by atoms with Gasteiger partial charge in [0.2, 0.25) is 5.75 Å². The van der Waals surface area contributed by atoms with Gasteiger partial charge in [0.05, 0.1) is 0 Å². The third kappa shape index (κ3) is 6.58. The summed E-state index contributed by atoms with van der Waals surface area (Å²) in [5.74, 6) is -1.49. The van der Waals surface area contributed by atoms with Crippen molar-refractivity contribution >= 4 is 0 Å². The van der Waals surface area contributed by atoms with Crippen molar-refractivity contribution in [3.63, 3.8) is 0 Å². The van der Waals surface area contributed by atoms with Crippen molar-refractivity contribution in [3.05, 3.63) is 29.3 Å². The number of ether oxygens (including phenoxy) is 1. The van der Waals surface area contributed by atoms with Gasteiger partial charge in [0.25, 0.3) is 0 Å². The Bertz CT molecular complexity index is 648. The van der Waals surface area contributed by atoms with Gasteiger partial charge in [-0.05, 0) is 67.1 Å². The Morgan fingerprint density at radius 3 is 1.73 bits per heavy atom. The van der Waals surface area contributed by atoms with Crippen LogP contribution in [-0.2, 0) is 0 Å². The lowest BCUT2D eigenvalue weighted by molar-refractivity contribution is -0.276. The highest BCUT2D eigenvalue weighted by Gasteiger charge is 2.34. The van der Waals surface area contributed by atoms with Gasteiger partial charge in [0.15, 0.2) is 11.6 Å². The van der Waals surface area contributed by atoms with Crippen molar-refractivity contribution in [1.82, 2.24) is 0 Å². The van der Waals surface area contributed by atoms with E-state index in [1.165, 1.54) is 51.4 Å².